The summed E-state index contributed by atoms with van der Waals surface area (Å²) in [6, 6.07) is 13.5. The number of nitrogens with one attached hydrogen (secondary N) is 1. The van der Waals surface area contributed by atoms with E-state index in [0.717, 1.165) is 29.0 Å². The molecule has 8 nitrogen and oxygen atoms in total. The summed E-state index contributed by atoms with van der Waals surface area (Å²) in [4.78, 5) is 29.0. The van der Waals surface area contributed by atoms with Gasteiger partial charge in [0.05, 0.1) is 35.7 Å². The van der Waals surface area contributed by atoms with Crippen LogP contribution in [0.25, 0.3) is 5.52 Å². The van der Waals surface area contributed by atoms with Crippen LogP contribution in [-0.4, -0.2) is 56.5 Å². The Morgan fingerprint density at radius 3 is 2.79 bits per heavy atom. The number of nitrogens with zero attached hydrogens (tertiary/aromatic N) is 5. The Hall–Kier alpha value is -3.78. The predicted octanol–water partition coefficient (Wildman–Crippen LogP) is 3.82. The van der Waals surface area contributed by atoms with Crippen LogP contribution in [0.5, 0.6) is 0 Å². The quantitative estimate of drug-likeness (QED) is 0.492. The number of fused-ring (bicyclic) bond motifs is 1. The standard InChI is InChI=1S/C26H28N6O2/c1-18-14-19(2)29-26(28-18)30-22-7-4-3-6-21(22)25(33)32-12-13-34-17-20(16-32)15-23-24-8-5-10-31(24)11-9-27-23/h3-11,14,20H,12-13,15-17H2,1-2H3,(H,28,29,30)/t20-/m1/s1. The number of hydrogen-bond acceptors (Lipinski definition) is 6. The van der Waals surface area contributed by atoms with Crippen molar-refractivity contribution in [2.24, 2.45) is 5.92 Å². The van der Waals surface area contributed by atoms with Crippen LogP contribution < -0.4 is 5.32 Å². The summed E-state index contributed by atoms with van der Waals surface area (Å²) in [6.07, 6.45) is 6.53. The molecule has 4 heterocycles. The van der Waals surface area contributed by atoms with Gasteiger partial charge in [-0.25, -0.2) is 9.97 Å². The summed E-state index contributed by atoms with van der Waals surface area (Å²) < 4.78 is 7.95. The van der Waals surface area contributed by atoms with Crippen molar-refractivity contribution in [1.29, 1.82) is 0 Å². The van der Waals surface area contributed by atoms with Crippen molar-refractivity contribution < 1.29 is 9.53 Å². The molecule has 0 unspecified atom stereocenters. The van der Waals surface area contributed by atoms with Crippen LogP contribution in [0.3, 0.4) is 0 Å². The van der Waals surface area contributed by atoms with Gasteiger partial charge in [-0.05, 0) is 50.6 Å². The highest BCUT2D eigenvalue weighted by Crippen LogP contribution is 2.23. The number of aryl methyl sites for hydroxylation is 2. The minimum atomic E-state index is -0.0307. The fourth-order valence-corrected chi connectivity index (χ4v) is 4.50. The number of carbonyl (C=O) groups is 1. The molecule has 1 N–H and O–H groups in total. The molecule has 1 aliphatic rings. The third kappa shape index (κ3) is 4.77. The molecule has 8 heteroatoms. The molecule has 1 saturated heterocycles. The normalized spacial score (nSPS) is 16.4. The second kappa shape index (κ2) is 9.61. The van der Waals surface area contributed by atoms with Gasteiger partial charge in [-0.3, -0.25) is 9.78 Å². The molecule has 3 aromatic heterocycles. The van der Waals surface area contributed by atoms with Crippen LogP contribution >= 0.6 is 0 Å². The van der Waals surface area contributed by atoms with Crippen LogP contribution in [0.1, 0.15) is 27.4 Å². The van der Waals surface area contributed by atoms with E-state index in [-0.39, 0.29) is 11.8 Å². The molecule has 0 saturated carbocycles. The van der Waals surface area contributed by atoms with E-state index in [9.17, 15) is 4.79 Å². The Kier molecular flexibility index (Phi) is 6.22. The van der Waals surface area contributed by atoms with Crippen molar-refractivity contribution in [2.75, 3.05) is 31.6 Å². The number of aromatic nitrogens is 4. The number of carbonyl (C=O) groups excluding carboxylic acids is 1. The first-order chi connectivity index (χ1) is 16.6. The molecular weight excluding hydrogens is 428 g/mol. The molecule has 34 heavy (non-hydrogen) atoms. The Morgan fingerprint density at radius 1 is 1.12 bits per heavy atom. The van der Waals surface area contributed by atoms with Crippen molar-refractivity contribution in [1.82, 2.24) is 24.3 Å². The van der Waals surface area contributed by atoms with Gasteiger partial charge in [0, 0.05) is 49.0 Å². The molecule has 174 valence electrons. The molecule has 0 spiro atoms. The van der Waals surface area contributed by atoms with Gasteiger partial charge in [0.2, 0.25) is 5.95 Å². The van der Waals surface area contributed by atoms with Crippen LogP contribution in [-0.2, 0) is 11.2 Å². The first-order valence-electron chi connectivity index (χ1n) is 11.5. The first-order valence-corrected chi connectivity index (χ1v) is 11.5. The third-order valence-electron chi connectivity index (χ3n) is 6.03. The maximum atomic E-state index is 13.6. The summed E-state index contributed by atoms with van der Waals surface area (Å²) in [6.45, 7) is 6.13. The average molecular weight is 457 g/mol. The van der Waals surface area contributed by atoms with Gasteiger partial charge in [0.1, 0.15) is 0 Å². The minimum Gasteiger partial charge on any atom is -0.379 e. The molecular formula is C26H28N6O2. The van der Waals surface area contributed by atoms with Gasteiger partial charge in [0.15, 0.2) is 0 Å². The number of ether oxygens (including phenoxy) is 1. The Bertz CT molecular complexity index is 1300. The molecule has 0 bridgehead atoms. The lowest BCUT2D eigenvalue weighted by atomic mass is 10.0. The van der Waals surface area contributed by atoms with E-state index in [1.807, 2.05) is 73.7 Å². The van der Waals surface area contributed by atoms with E-state index in [1.54, 1.807) is 0 Å². The molecule has 1 fully saturated rings. The molecule has 5 rings (SSSR count). The maximum Gasteiger partial charge on any atom is 0.256 e. The van der Waals surface area contributed by atoms with Crippen molar-refractivity contribution in [3.63, 3.8) is 0 Å². The summed E-state index contributed by atoms with van der Waals surface area (Å²) in [5.74, 6) is 0.612. The highest BCUT2D eigenvalue weighted by molar-refractivity contribution is 6.00. The topological polar surface area (TPSA) is 84.7 Å². The van der Waals surface area contributed by atoms with E-state index in [0.29, 0.717) is 43.5 Å². The number of amides is 1. The minimum absolute atomic E-state index is 0.0307. The van der Waals surface area contributed by atoms with Crippen LogP contribution in [0, 0.1) is 19.8 Å². The monoisotopic (exact) mass is 456 g/mol. The molecule has 1 aliphatic heterocycles. The predicted molar refractivity (Wildman–Crippen MR) is 130 cm³/mol. The van der Waals surface area contributed by atoms with Crippen molar-refractivity contribution in [2.45, 2.75) is 20.3 Å². The van der Waals surface area contributed by atoms with E-state index in [4.69, 9.17) is 4.74 Å². The molecule has 4 aromatic rings. The fraction of sp³-hybridized carbons (Fsp3) is 0.308. The van der Waals surface area contributed by atoms with E-state index in [1.165, 1.54) is 0 Å². The molecule has 0 aliphatic carbocycles. The molecule has 1 amide bonds. The number of rotatable bonds is 5. The van der Waals surface area contributed by atoms with Gasteiger partial charge >= 0.3 is 0 Å². The lowest BCUT2D eigenvalue weighted by Gasteiger charge is -2.25. The van der Waals surface area contributed by atoms with Crippen LogP contribution in [0.4, 0.5) is 11.6 Å². The van der Waals surface area contributed by atoms with Gasteiger partial charge in [-0.1, -0.05) is 12.1 Å². The second-order valence-corrected chi connectivity index (χ2v) is 8.72. The van der Waals surface area contributed by atoms with E-state index < -0.39 is 0 Å². The number of hydrogen-bond donors (Lipinski definition) is 1. The largest absolute Gasteiger partial charge is 0.379 e. The van der Waals surface area contributed by atoms with Crippen LogP contribution in [0.15, 0.2) is 61.1 Å². The van der Waals surface area contributed by atoms with E-state index in [2.05, 4.69) is 30.7 Å². The highest BCUT2D eigenvalue weighted by atomic mass is 16.5. The van der Waals surface area contributed by atoms with Gasteiger partial charge < -0.3 is 19.4 Å². The molecule has 1 aromatic carbocycles. The van der Waals surface area contributed by atoms with Crippen LogP contribution in [0.2, 0.25) is 0 Å². The summed E-state index contributed by atoms with van der Waals surface area (Å²) in [5, 5.41) is 3.24. The Labute approximate surface area is 198 Å². The van der Waals surface area contributed by atoms with Crippen molar-refractivity contribution in [3.05, 3.63) is 83.7 Å². The lowest BCUT2D eigenvalue weighted by Crippen LogP contribution is -2.36. The second-order valence-electron chi connectivity index (χ2n) is 8.72. The van der Waals surface area contributed by atoms with Gasteiger partial charge in [-0.15, -0.1) is 0 Å². The van der Waals surface area contributed by atoms with Crippen molar-refractivity contribution >= 4 is 23.1 Å². The van der Waals surface area contributed by atoms with E-state index >= 15 is 0 Å². The average Bonchev–Trinajstić information content (AvgIpc) is 3.18. The fourth-order valence-electron chi connectivity index (χ4n) is 4.50. The zero-order valence-electron chi connectivity index (χ0n) is 19.4. The maximum absolute atomic E-state index is 13.6. The first kappa shape index (κ1) is 22.0. The van der Waals surface area contributed by atoms with Crippen molar-refractivity contribution in [3.8, 4) is 0 Å². The lowest BCUT2D eigenvalue weighted by molar-refractivity contribution is 0.0738. The van der Waals surface area contributed by atoms with Gasteiger partial charge in [0.25, 0.3) is 5.91 Å². The number of anilines is 2. The van der Waals surface area contributed by atoms with Gasteiger partial charge in [-0.2, -0.15) is 0 Å². The third-order valence-corrected chi connectivity index (χ3v) is 6.03. The SMILES string of the molecule is Cc1cc(C)nc(Nc2ccccc2C(=O)N2CCOC[C@H](Cc3nccn4cccc34)C2)n1. The Morgan fingerprint density at radius 2 is 1.94 bits per heavy atom. The summed E-state index contributed by atoms with van der Waals surface area (Å²) in [5.41, 5.74) is 5.14. The zero-order chi connectivity index (χ0) is 23.5. The smallest absolute Gasteiger partial charge is 0.256 e. The summed E-state index contributed by atoms with van der Waals surface area (Å²) >= 11 is 0. The molecule has 0 radical (unpaired) electrons. The molecule has 1 atom stereocenters. The Balaban J connectivity index is 1.36. The summed E-state index contributed by atoms with van der Waals surface area (Å²) in [7, 11) is 0. The highest BCUT2D eigenvalue weighted by Gasteiger charge is 2.26. The number of para-hydroxylation sites is 1. The number of benzene rings is 1. The zero-order valence-corrected chi connectivity index (χ0v) is 19.4.